The molecule has 4 nitrogen and oxygen atoms in total. The van der Waals surface area contributed by atoms with E-state index in [1.807, 2.05) is 13.0 Å². The number of rotatable bonds is 4. The summed E-state index contributed by atoms with van der Waals surface area (Å²) in [7, 11) is 1.61. The molecule has 0 N–H and O–H groups in total. The van der Waals surface area contributed by atoms with Gasteiger partial charge in [0.25, 0.3) is 0 Å². The van der Waals surface area contributed by atoms with E-state index < -0.39 is 6.10 Å². The van der Waals surface area contributed by atoms with Gasteiger partial charge >= 0.3 is 0 Å². The number of hydrogen-bond acceptors (Lipinski definition) is 4. The molecule has 5 atom stereocenters. The van der Waals surface area contributed by atoms with Gasteiger partial charge in [0.1, 0.15) is 17.3 Å². The molecular weight excluding hydrogens is 268 g/mol. The summed E-state index contributed by atoms with van der Waals surface area (Å²) in [6, 6.07) is 0. The van der Waals surface area contributed by atoms with E-state index in [0.29, 0.717) is 6.61 Å². The van der Waals surface area contributed by atoms with E-state index in [9.17, 15) is 4.79 Å². The topological polar surface area (TPSA) is 51.4 Å². The number of methoxy groups -OCH3 is 1. The molecule has 0 radical (unpaired) electrons. The summed E-state index contributed by atoms with van der Waals surface area (Å²) in [6.07, 6.45) is 7.41. The molecule has 0 amide bonds. The zero-order valence-corrected chi connectivity index (χ0v) is 12.8. The van der Waals surface area contributed by atoms with Crippen molar-refractivity contribution in [2.24, 2.45) is 5.92 Å². The van der Waals surface area contributed by atoms with Gasteiger partial charge in [0.2, 0.25) is 0 Å². The summed E-state index contributed by atoms with van der Waals surface area (Å²) in [4.78, 5) is 12.4. The number of allylic oxidation sites excluding steroid dienone is 1. The summed E-state index contributed by atoms with van der Waals surface area (Å²) in [6.45, 7) is 4.61. The van der Waals surface area contributed by atoms with E-state index in [1.165, 1.54) is 18.4 Å². The highest BCUT2D eigenvalue weighted by Gasteiger charge is 2.71. The molecule has 0 aromatic carbocycles. The highest BCUT2D eigenvalue weighted by molar-refractivity contribution is 6.00. The van der Waals surface area contributed by atoms with Gasteiger partial charge in [-0.3, -0.25) is 4.79 Å². The lowest BCUT2D eigenvalue weighted by atomic mass is 9.70. The van der Waals surface area contributed by atoms with Crippen molar-refractivity contribution < 1.29 is 19.0 Å². The zero-order chi connectivity index (χ0) is 14.8. The monoisotopic (exact) mass is 290 g/mol. The molecule has 4 rings (SSSR count). The Hall–Kier alpha value is -0.970. The number of carbonyl (C=O) groups excluding carboxylic acids is 1. The Balaban J connectivity index is 1.60. The third-order valence-electron chi connectivity index (χ3n) is 5.42. The molecule has 1 spiro atoms. The van der Waals surface area contributed by atoms with Crippen LogP contribution in [0.2, 0.25) is 0 Å². The van der Waals surface area contributed by atoms with E-state index in [1.54, 1.807) is 7.11 Å². The molecule has 2 heterocycles. The van der Waals surface area contributed by atoms with Crippen LogP contribution in [-0.2, 0) is 19.0 Å². The summed E-state index contributed by atoms with van der Waals surface area (Å²) in [5.74, 6) is 0.0217. The van der Waals surface area contributed by atoms with Crippen LogP contribution in [0.4, 0.5) is 0 Å². The lowest BCUT2D eigenvalue weighted by Gasteiger charge is -2.35. The standard InChI is InChI=1S/C17H22O4/c1-10-8-17(9-20-17)15(14(19-3)13(10)18)16(2)12(21-16)7-6-11-4-5-11/h6,8,12,14-15H,4-5,7,9H2,1-3H3/t12-,14-,15-,16?,17+/m1/s1. The number of ether oxygens (including phenoxy) is 3. The molecule has 2 saturated heterocycles. The van der Waals surface area contributed by atoms with Crippen LogP contribution >= 0.6 is 0 Å². The maximum Gasteiger partial charge on any atom is 0.187 e. The highest BCUT2D eigenvalue weighted by Crippen LogP contribution is 2.58. The van der Waals surface area contributed by atoms with Crippen LogP contribution in [0.25, 0.3) is 0 Å². The second kappa shape index (κ2) is 4.28. The van der Waals surface area contributed by atoms with Gasteiger partial charge in [-0.1, -0.05) is 11.6 Å². The van der Waals surface area contributed by atoms with Gasteiger partial charge in [-0.05, 0) is 44.8 Å². The van der Waals surface area contributed by atoms with Crippen molar-refractivity contribution in [2.45, 2.75) is 56.5 Å². The van der Waals surface area contributed by atoms with E-state index in [-0.39, 0.29) is 29.0 Å². The van der Waals surface area contributed by atoms with Crippen LogP contribution in [0.15, 0.2) is 23.3 Å². The second-order valence-corrected chi connectivity index (χ2v) is 6.96. The first kappa shape index (κ1) is 13.7. The maximum absolute atomic E-state index is 12.4. The van der Waals surface area contributed by atoms with Crippen molar-refractivity contribution in [1.29, 1.82) is 0 Å². The molecule has 2 aliphatic carbocycles. The first-order valence-electron chi connectivity index (χ1n) is 7.76. The predicted molar refractivity (Wildman–Crippen MR) is 76.9 cm³/mol. The smallest absolute Gasteiger partial charge is 0.187 e. The molecule has 2 aliphatic heterocycles. The van der Waals surface area contributed by atoms with Crippen molar-refractivity contribution in [3.8, 4) is 0 Å². The third-order valence-corrected chi connectivity index (χ3v) is 5.42. The summed E-state index contributed by atoms with van der Waals surface area (Å²) in [5.41, 5.74) is 1.60. The van der Waals surface area contributed by atoms with E-state index >= 15 is 0 Å². The Morgan fingerprint density at radius 2 is 2.19 bits per heavy atom. The van der Waals surface area contributed by atoms with Crippen LogP contribution in [0.5, 0.6) is 0 Å². The third kappa shape index (κ3) is 2.04. The first-order chi connectivity index (χ1) is 10.00. The second-order valence-electron chi connectivity index (χ2n) is 6.96. The molecule has 21 heavy (non-hydrogen) atoms. The Morgan fingerprint density at radius 3 is 2.76 bits per heavy atom. The van der Waals surface area contributed by atoms with Crippen molar-refractivity contribution in [2.75, 3.05) is 13.7 Å². The largest absolute Gasteiger partial charge is 0.373 e. The predicted octanol–water partition coefficient (Wildman–Crippen LogP) is 2.18. The summed E-state index contributed by atoms with van der Waals surface area (Å²) in [5, 5.41) is 0. The fourth-order valence-corrected chi connectivity index (χ4v) is 3.91. The summed E-state index contributed by atoms with van der Waals surface area (Å²) >= 11 is 0. The molecule has 0 bridgehead atoms. The number of Topliss-reactive ketones (excluding diaryl/α,β-unsaturated/α-hetero) is 1. The molecule has 1 unspecified atom stereocenters. The number of epoxide rings is 2. The van der Waals surface area contributed by atoms with Crippen LogP contribution in [0.1, 0.15) is 33.1 Å². The van der Waals surface area contributed by atoms with Crippen LogP contribution in [0, 0.1) is 5.92 Å². The Morgan fingerprint density at radius 1 is 1.48 bits per heavy atom. The van der Waals surface area contributed by atoms with Crippen LogP contribution < -0.4 is 0 Å². The highest BCUT2D eigenvalue weighted by atomic mass is 16.6. The Bertz CT molecular complexity index is 551. The lowest BCUT2D eigenvalue weighted by Crippen LogP contribution is -2.51. The number of ketones is 1. The van der Waals surface area contributed by atoms with Gasteiger partial charge < -0.3 is 14.2 Å². The normalized spacial score (nSPS) is 47.4. The molecule has 0 aromatic rings. The SMILES string of the molecule is CO[C@@H]1C(=O)C(C)=C[C@]2(CO2)[C@H]1C1(C)O[C@@H]1CC=C1CC1. The minimum absolute atomic E-state index is 0.0474. The van der Waals surface area contributed by atoms with E-state index in [0.717, 1.165) is 12.0 Å². The minimum atomic E-state index is -0.457. The van der Waals surface area contributed by atoms with Gasteiger partial charge in [0, 0.05) is 7.11 Å². The fraction of sp³-hybridized carbons (Fsp3) is 0.706. The van der Waals surface area contributed by atoms with Gasteiger partial charge in [-0.15, -0.1) is 0 Å². The van der Waals surface area contributed by atoms with E-state index in [2.05, 4.69) is 13.0 Å². The molecule has 4 heteroatoms. The van der Waals surface area contributed by atoms with Crippen LogP contribution in [-0.4, -0.2) is 42.9 Å². The molecule has 114 valence electrons. The van der Waals surface area contributed by atoms with E-state index in [4.69, 9.17) is 14.2 Å². The van der Waals surface area contributed by atoms with Crippen molar-refractivity contribution in [3.63, 3.8) is 0 Å². The van der Waals surface area contributed by atoms with Crippen LogP contribution in [0.3, 0.4) is 0 Å². The van der Waals surface area contributed by atoms with Crippen molar-refractivity contribution >= 4 is 5.78 Å². The Kier molecular flexibility index (Phi) is 2.79. The Labute approximate surface area is 125 Å². The van der Waals surface area contributed by atoms with Crippen molar-refractivity contribution in [3.05, 3.63) is 23.3 Å². The first-order valence-corrected chi connectivity index (χ1v) is 7.76. The quantitative estimate of drug-likeness (QED) is 0.588. The zero-order valence-electron chi connectivity index (χ0n) is 12.8. The molecule has 0 aromatic heterocycles. The lowest BCUT2D eigenvalue weighted by molar-refractivity contribution is -0.133. The molecule has 4 aliphatic rings. The number of hydrogen-bond donors (Lipinski definition) is 0. The minimum Gasteiger partial charge on any atom is -0.373 e. The molecule has 3 fully saturated rings. The van der Waals surface area contributed by atoms with Gasteiger partial charge in [0.05, 0.1) is 18.6 Å². The molecular formula is C17H22O4. The average molecular weight is 290 g/mol. The summed E-state index contributed by atoms with van der Waals surface area (Å²) < 4.78 is 17.3. The average Bonchev–Trinajstić information content (AvgIpc) is 3.30. The van der Waals surface area contributed by atoms with Gasteiger partial charge in [0.15, 0.2) is 5.78 Å². The van der Waals surface area contributed by atoms with Crippen molar-refractivity contribution in [1.82, 2.24) is 0 Å². The maximum atomic E-state index is 12.4. The fourth-order valence-electron chi connectivity index (χ4n) is 3.91. The number of carbonyl (C=O) groups is 1. The molecule has 1 saturated carbocycles. The van der Waals surface area contributed by atoms with Gasteiger partial charge in [-0.2, -0.15) is 0 Å². The van der Waals surface area contributed by atoms with Gasteiger partial charge in [-0.25, -0.2) is 0 Å².